The van der Waals surface area contributed by atoms with Crippen LogP contribution in [0.2, 0.25) is 0 Å². The van der Waals surface area contributed by atoms with E-state index < -0.39 is 0 Å². The third kappa shape index (κ3) is 7.27. The number of aryl methyl sites for hydroxylation is 1. The van der Waals surface area contributed by atoms with Gasteiger partial charge in [0.25, 0.3) is 0 Å². The number of anilines is 1. The Balaban J connectivity index is 0.000000930. The van der Waals surface area contributed by atoms with Gasteiger partial charge in [-0.15, -0.1) is 0 Å². The molecule has 4 heteroatoms. The largest absolute Gasteiger partial charge is 0.374 e. The minimum atomic E-state index is 0.401. The Morgan fingerprint density at radius 2 is 1.39 bits per heavy atom. The standard InChI is InChI=1S/C20H25N.C3H8.CH5N.H2O2/c1-15-10-12-16(13-11-15)19-18(20(19,2)3)14-21(4)17-8-6-5-7-9-17;1-3-2;2*1-2/h5-13,18-19H,14H2,1-4H3;3H2,1-2H3;2H2,1H3;1-2H. The summed E-state index contributed by atoms with van der Waals surface area (Å²) in [7, 11) is 3.70. The molecule has 0 spiro atoms. The first kappa shape index (κ1) is 26.1. The average Bonchev–Trinajstić information content (AvgIpc) is 3.26. The molecule has 0 saturated heterocycles. The van der Waals surface area contributed by atoms with Gasteiger partial charge in [0.2, 0.25) is 0 Å². The van der Waals surface area contributed by atoms with Crippen molar-refractivity contribution in [2.75, 3.05) is 25.5 Å². The summed E-state index contributed by atoms with van der Waals surface area (Å²) in [5, 5.41) is 12.0. The first-order chi connectivity index (χ1) is 13.4. The van der Waals surface area contributed by atoms with Crippen molar-refractivity contribution in [3.63, 3.8) is 0 Å². The van der Waals surface area contributed by atoms with Crippen LogP contribution in [0.4, 0.5) is 5.69 Å². The molecule has 0 aliphatic heterocycles. The Morgan fingerprint density at radius 1 is 0.929 bits per heavy atom. The molecule has 2 aromatic carbocycles. The lowest BCUT2D eigenvalue weighted by molar-refractivity contribution is -0.176. The van der Waals surface area contributed by atoms with Crippen LogP contribution < -0.4 is 10.6 Å². The summed E-state index contributed by atoms with van der Waals surface area (Å²) in [6, 6.07) is 19.8. The quantitative estimate of drug-likeness (QED) is 0.452. The zero-order chi connectivity index (χ0) is 21.7. The fourth-order valence-electron chi connectivity index (χ4n) is 3.60. The van der Waals surface area contributed by atoms with Crippen molar-refractivity contribution in [2.45, 2.75) is 47.0 Å². The molecule has 1 fully saturated rings. The average molecular weight is 389 g/mol. The van der Waals surface area contributed by atoms with Crippen molar-refractivity contribution >= 4 is 5.69 Å². The monoisotopic (exact) mass is 388 g/mol. The predicted molar refractivity (Wildman–Crippen MR) is 122 cm³/mol. The second-order valence-electron chi connectivity index (χ2n) is 7.74. The second kappa shape index (κ2) is 13.3. The predicted octanol–water partition coefficient (Wildman–Crippen LogP) is 5.88. The molecule has 4 nitrogen and oxygen atoms in total. The minimum absolute atomic E-state index is 0.401. The van der Waals surface area contributed by atoms with Crippen LogP contribution >= 0.6 is 0 Å². The molecule has 0 radical (unpaired) electrons. The number of nitrogens with two attached hydrogens (primary N) is 1. The van der Waals surface area contributed by atoms with Gasteiger partial charge in [-0.2, -0.15) is 0 Å². The number of hydrogen-bond donors (Lipinski definition) is 3. The van der Waals surface area contributed by atoms with E-state index in [1.807, 2.05) is 0 Å². The first-order valence-electron chi connectivity index (χ1n) is 10.0. The summed E-state index contributed by atoms with van der Waals surface area (Å²) in [4.78, 5) is 2.39. The molecular weight excluding hydrogens is 348 g/mol. The summed E-state index contributed by atoms with van der Waals surface area (Å²) in [6.07, 6.45) is 1.25. The third-order valence-corrected chi connectivity index (χ3v) is 5.15. The van der Waals surface area contributed by atoms with Crippen LogP contribution in [0.25, 0.3) is 0 Å². The van der Waals surface area contributed by atoms with Gasteiger partial charge in [0, 0.05) is 19.3 Å². The highest BCUT2D eigenvalue weighted by atomic mass is 17.0. The maximum absolute atomic E-state index is 6.00. The van der Waals surface area contributed by atoms with Gasteiger partial charge >= 0.3 is 0 Å². The van der Waals surface area contributed by atoms with Crippen LogP contribution in [-0.2, 0) is 0 Å². The molecule has 158 valence electrons. The fourth-order valence-corrected chi connectivity index (χ4v) is 3.60. The summed E-state index contributed by atoms with van der Waals surface area (Å²) in [5.74, 6) is 1.41. The fraction of sp³-hybridized carbons (Fsp3) is 0.500. The number of benzene rings is 2. The lowest BCUT2D eigenvalue weighted by Gasteiger charge is -2.20. The van der Waals surface area contributed by atoms with Crippen molar-refractivity contribution in [3.05, 3.63) is 65.7 Å². The summed E-state index contributed by atoms with van der Waals surface area (Å²) in [6.45, 7) is 12.3. The normalized spacial score (nSPS) is 18.2. The molecule has 1 aliphatic carbocycles. The molecular formula is C24H40N2O2. The molecule has 28 heavy (non-hydrogen) atoms. The Labute approximate surface area is 171 Å². The van der Waals surface area contributed by atoms with Crippen LogP contribution in [0.1, 0.15) is 51.2 Å². The molecule has 1 aliphatic rings. The minimum Gasteiger partial charge on any atom is -0.374 e. The zero-order valence-corrected chi connectivity index (χ0v) is 18.7. The molecule has 0 amide bonds. The Bertz CT molecular complexity index is 627. The van der Waals surface area contributed by atoms with E-state index in [1.165, 1.54) is 30.3 Å². The van der Waals surface area contributed by atoms with Gasteiger partial charge in [-0.05, 0) is 48.9 Å². The van der Waals surface area contributed by atoms with Gasteiger partial charge in [0.05, 0.1) is 0 Å². The molecule has 2 aromatic rings. The zero-order valence-electron chi connectivity index (χ0n) is 18.7. The Kier molecular flexibility index (Phi) is 12.4. The van der Waals surface area contributed by atoms with Crippen LogP contribution in [0.3, 0.4) is 0 Å². The molecule has 2 unspecified atom stereocenters. The molecule has 2 atom stereocenters. The maximum Gasteiger partial charge on any atom is 0.0363 e. The van der Waals surface area contributed by atoms with Crippen molar-refractivity contribution in [2.24, 2.45) is 17.1 Å². The van der Waals surface area contributed by atoms with Gasteiger partial charge in [-0.3, -0.25) is 10.5 Å². The number of nitrogens with zero attached hydrogens (tertiary/aromatic N) is 1. The lowest BCUT2D eigenvalue weighted by Crippen LogP contribution is -2.21. The van der Waals surface area contributed by atoms with E-state index in [1.54, 1.807) is 0 Å². The number of para-hydroxylation sites is 1. The third-order valence-electron chi connectivity index (χ3n) is 5.15. The van der Waals surface area contributed by atoms with Gasteiger partial charge < -0.3 is 10.6 Å². The van der Waals surface area contributed by atoms with Gasteiger partial charge in [0.15, 0.2) is 0 Å². The van der Waals surface area contributed by atoms with Crippen LogP contribution in [0.5, 0.6) is 0 Å². The van der Waals surface area contributed by atoms with E-state index in [-0.39, 0.29) is 0 Å². The van der Waals surface area contributed by atoms with E-state index in [0.717, 1.165) is 12.5 Å². The summed E-state index contributed by atoms with van der Waals surface area (Å²) in [5.41, 5.74) is 9.05. The maximum atomic E-state index is 6.00. The van der Waals surface area contributed by atoms with Crippen LogP contribution in [-0.4, -0.2) is 31.2 Å². The van der Waals surface area contributed by atoms with Crippen LogP contribution in [0, 0.1) is 18.3 Å². The highest BCUT2D eigenvalue weighted by molar-refractivity contribution is 5.46. The van der Waals surface area contributed by atoms with E-state index in [2.05, 4.69) is 107 Å². The summed E-state index contributed by atoms with van der Waals surface area (Å²) >= 11 is 0. The van der Waals surface area contributed by atoms with Gasteiger partial charge in [-0.25, -0.2) is 0 Å². The number of hydrogen-bond acceptors (Lipinski definition) is 4. The molecule has 0 heterocycles. The van der Waals surface area contributed by atoms with Crippen molar-refractivity contribution < 1.29 is 10.5 Å². The smallest absolute Gasteiger partial charge is 0.0363 e. The molecule has 0 bridgehead atoms. The molecule has 4 N–H and O–H groups in total. The topological polar surface area (TPSA) is 69.7 Å². The molecule has 3 rings (SSSR count). The van der Waals surface area contributed by atoms with E-state index in [9.17, 15) is 0 Å². The van der Waals surface area contributed by atoms with E-state index >= 15 is 0 Å². The van der Waals surface area contributed by atoms with Gasteiger partial charge in [0.1, 0.15) is 0 Å². The highest BCUT2D eigenvalue weighted by Gasteiger charge is 2.58. The van der Waals surface area contributed by atoms with Crippen LogP contribution in [0.15, 0.2) is 54.6 Å². The summed E-state index contributed by atoms with van der Waals surface area (Å²) < 4.78 is 0. The Morgan fingerprint density at radius 3 is 1.86 bits per heavy atom. The van der Waals surface area contributed by atoms with E-state index in [0.29, 0.717) is 11.3 Å². The Hall–Kier alpha value is -1.88. The molecule has 1 saturated carbocycles. The van der Waals surface area contributed by atoms with Gasteiger partial charge in [-0.1, -0.05) is 82.1 Å². The lowest BCUT2D eigenvalue weighted by atomic mass is 10.0. The van der Waals surface area contributed by atoms with Crippen molar-refractivity contribution in [1.82, 2.24) is 0 Å². The first-order valence-corrected chi connectivity index (χ1v) is 10.0. The second-order valence-corrected chi connectivity index (χ2v) is 7.74. The van der Waals surface area contributed by atoms with Crippen molar-refractivity contribution in [3.8, 4) is 0 Å². The van der Waals surface area contributed by atoms with E-state index in [4.69, 9.17) is 10.5 Å². The SMILES string of the molecule is CCC.CN.Cc1ccc(C2C(CN(C)c3ccccc3)C2(C)C)cc1.OO. The molecule has 0 aromatic heterocycles. The van der Waals surface area contributed by atoms with Crippen molar-refractivity contribution in [1.29, 1.82) is 0 Å². The number of rotatable bonds is 4. The highest BCUT2D eigenvalue weighted by Crippen LogP contribution is 2.64.